The van der Waals surface area contributed by atoms with Crippen LogP contribution in [-0.2, 0) is 4.79 Å². The highest BCUT2D eigenvalue weighted by Crippen LogP contribution is 2.44. The molecule has 1 aliphatic carbocycles. The highest BCUT2D eigenvalue weighted by Gasteiger charge is 2.40. The maximum atomic E-state index is 14.2. The van der Waals surface area contributed by atoms with Gasteiger partial charge in [-0.2, -0.15) is 0 Å². The van der Waals surface area contributed by atoms with E-state index in [-0.39, 0.29) is 49.7 Å². The first-order valence-electron chi connectivity index (χ1n) is 13.2. The Labute approximate surface area is 222 Å². The maximum absolute atomic E-state index is 14.2. The Morgan fingerprint density at radius 1 is 1.00 bits per heavy atom. The van der Waals surface area contributed by atoms with Gasteiger partial charge in [-0.05, 0) is 69.4 Å². The number of hydrogen-bond acceptors (Lipinski definition) is 4. The van der Waals surface area contributed by atoms with E-state index >= 15 is 0 Å². The van der Waals surface area contributed by atoms with Gasteiger partial charge in [0.25, 0.3) is 0 Å². The first-order chi connectivity index (χ1) is 18.6. The molecule has 1 saturated carbocycles. The van der Waals surface area contributed by atoms with Crippen molar-refractivity contribution in [1.82, 2.24) is 14.7 Å². The number of halogens is 4. The summed E-state index contributed by atoms with van der Waals surface area (Å²) in [5, 5.41) is 4.05. The second-order valence-electron chi connectivity index (χ2n) is 10.6. The normalized spacial score (nSPS) is 20.2. The number of fused-ring (bicyclic) bond motifs is 1. The van der Waals surface area contributed by atoms with Crippen LogP contribution < -0.4 is 4.90 Å². The van der Waals surface area contributed by atoms with Crippen molar-refractivity contribution in [1.29, 1.82) is 0 Å². The number of aromatic nitrogens is 3. The molecule has 2 aromatic heterocycles. The number of benzene rings is 2. The first-order valence-corrected chi connectivity index (χ1v) is 13.2. The standard InChI is InChI=1S/C29H28F4N4O2/c1-16-27(17(2)39-35-16)18-6-9-24-23(14-18)34-28(37(24)19-10-12-29(32,33)13-11-19)25-4-3-5-26(38)36(25)20-7-8-21(30)22(31)15-20/h6-9,14-15,19,25H,3-5,10-13H2,1-2H3. The van der Waals surface area contributed by atoms with Crippen molar-refractivity contribution in [3.05, 3.63) is 65.3 Å². The summed E-state index contributed by atoms with van der Waals surface area (Å²) in [6.45, 7) is 3.69. The first kappa shape index (κ1) is 25.6. The lowest BCUT2D eigenvalue weighted by atomic mass is 9.91. The molecular formula is C29H28F4N4O2. The van der Waals surface area contributed by atoms with Gasteiger partial charge in [0.05, 0.1) is 22.8 Å². The summed E-state index contributed by atoms with van der Waals surface area (Å²) in [5.74, 6) is -3.74. The number of anilines is 1. The number of imidazole rings is 1. The predicted octanol–water partition coefficient (Wildman–Crippen LogP) is 7.59. The molecule has 2 fully saturated rings. The summed E-state index contributed by atoms with van der Waals surface area (Å²) in [5.41, 5.74) is 4.14. The lowest BCUT2D eigenvalue weighted by Crippen LogP contribution is -2.40. The Kier molecular flexibility index (Phi) is 6.23. The number of nitrogens with zero attached hydrogens (tertiary/aromatic N) is 4. The van der Waals surface area contributed by atoms with Crippen LogP contribution in [0.15, 0.2) is 40.9 Å². The van der Waals surface area contributed by atoms with Crippen molar-refractivity contribution >= 4 is 22.6 Å². The number of piperidine rings is 1. The average Bonchev–Trinajstić information content (AvgIpc) is 3.44. The van der Waals surface area contributed by atoms with Crippen molar-refractivity contribution in [2.45, 2.75) is 76.8 Å². The lowest BCUT2D eigenvalue weighted by Gasteiger charge is -2.37. The van der Waals surface area contributed by atoms with E-state index in [2.05, 4.69) is 5.16 Å². The number of alkyl halides is 2. The molecule has 2 aliphatic rings. The van der Waals surface area contributed by atoms with Crippen molar-refractivity contribution in [3.63, 3.8) is 0 Å². The third-order valence-corrected chi connectivity index (χ3v) is 8.02. The van der Waals surface area contributed by atoms with Gasteiger partial charge >= 0.3 is 0 Å². The molecule has 3 heterocycles. The van der Waals surface area contributed by atoms with Crippen LogP contribution in [0.4, 0.5) is 23.2 Å². The Balaban J connectivity index is 1.51. The van der Waals surface area contributed by atoms with Gasteiger partial charge in [0, 0.05) is 42.6 Å². The number of carbonyl (C=O) groups is 1. The second kappa shape index (κ2) is 9.50. The van der Waals surface area contributed by atoms with Gasteiger partial charge in [-0.15, -0.1) is 0 Å². The molecule has 6 nitrogen and oxygen atoms in total. The fourth-order valence-electron chi connectivity index (χ4n) is 6.14. The van der Waals surface area contributed by atoms with Crippen LogP contribution in [0.25, 0.3) is 22.2 Å². The summed E-state index contributed by atoms with van der Waals surface area (Å²) in [6.07, 6.45) is 1.48. The Bertz CT molecular complexity index is 1550. The molecule has 1 amide bonds. The van der Waals surface area contributed by atoms with Crippen molar-refractivity contribution in [3.8, 4) is 11.1 Å². The fourth-order valence-corrected chi connectivity index (χ4v) is 6.14. The van der Waals surface area contributed by atoms with E-state index in [1.54, 1.807) is 0 Å². The molecule has 4 aromatic rings. The third kappa shape index (κ3) is 4.49. The quantitative estimate of drug-likeness (QED) is 0.250. The van der Waals surface area contributed by atoms with Crippen LogP contribution in [-0.4, -0.2) is 26.5 Å². The molecule has 1 aliphatic heterocycles. The fraction of sp³-hybridized carbons (Fsp3) is 0.414. The van der Waals surface area contributed by atoms with E-state index in [9.17, 15) is 22.4 Å². The zero-order chi connectivity index (χ0) is 27.5. The molecule has 0 spiro atoms. The maximum Gasteiger partial charge on any atom is 0.248 e. The van der Waals surface area contributed by atoms with E-state index in [0.717, 1.165) is 34.5 Å². The van der Waals surface area contributed by atoms with E-state index in [1.807, 2.05) is 36.6 Å². The number of carbonyl (C=O) groups excluding carboxylic acids is 1. The van der Waals surface area contributed by atoms with Gasteiger partial charge < -0.3 is 14.0 Å². The van der Waals surface area contributed by atoms with Crippen molar-refractivity contribution in [2.24, 2.45) is 0 Å². The van der Waals surface area contributed by atoms with Crippen molar-refractivity contribution in [2.75, 3.05) is 4.90 Å². The third-order valence-electron chi connectivity index (χ3n) is 8.02. The van der Waals surface area contributed by atoms with Crippen LogP contribution in [0.3, 0.4) is 0 Å². The number of rotatable bonds is 4. The van der Waals surface area contributed by atoms with Gasteiger partial charge in [-0.25, -0.2) is 22.5 Å². The summed E-state index contributed by atoms with van der Waals surface area (Å²) in [4.78, 5) is 19.7. The van der Waals surface area contributed by atoms with Crippen LogP contribution in [0, 0.1) is 25.5 Å². The van der Waals surface area contributed by atoms with E-state index < -0.39 is 23.6 Å². The Morgan fingerprint density at radius 2 is 1.77 bits per heavy atom. The second-order valence-corrected chi connectivity index (χ2v) is 10.6. The molecule has 39 heavy (non-hydrogen) atoms. The van der Waals surface area contributed by atoms with Gasteiger partial charge in [-0.3, -0.25) is 4.79 Å². The molecular weight excluding hydrogens is 512 g/mol. The van der Waals surface area contributed by atoms with Gasteiger partial charge in [0.15, 0.2) is 11.6 Å². The van der Waals surface area contributed by atoms with Gasteiger partial charge in [0.1, 0.15) is 11.6 Å². The summed E-state index contributed by atoms with van der Waals surface area (Å²) in [6, 6.07) is 8.40. The van der Waals surface area contributed by atoms with Crippen molar-refractivity contribution < 1.29 is 26.9 Å². The molecule has 0 bridgehead atoms. The minimum Gasteiger partial charge on any atom is -0.361 e. The predicted molar refractivity (Wildman–Crippen MR) is 138 cm³/mol. The van der Waals surface area contributed by atoms with Crippen LogP contribution in [0.1, 0.15) is 74.3 Å². The molecule has 2 aromatic carbocycles. The molecule has 6 rings (SSSR count). The molecule has 0 radical (unpaired) electrons. The topological polar surface area (TPSA) is 64.2 Å². The molecule has 0 N–H and O–H groups in total. The Hall–Kier alpha value is -3.69. The van der Waals surface area contributed by atoms with E-state index in [0.29, 0.717) is 29.9 Å². The van der Waals surface area contributed by atoms with Crippen LogP contribution >= 0.6 is 0 Å². The smallest absolute Gasteiger partial charge is 0.248 e. The summed E-state index contributed by atoms with van der Waals surface area (Å²) >= 11 is 0. The average molecular weight is 541 g/mol. The zero-order valence-electron chi connectivity index (χ0n) is 21.7. The molecule has 10 heteroatoms. The number of aryl methyl sites for hydroxylation is 2. The van der Waals surface area contributed by atoms with E-state index in [4.69, 9.17) is 9.51 Å². The summed E-state index contributed by atoms with van der Waals surface area (Å²) < 4.78 is 63.5. The minimum atomic E-state index is -2.71. The van der Waals surface area contributed by atoms with E-state index in [1.165, 1.54) is 11.0 Å². The molecule has 1 saturated heterocycles. The zero-order valence-corrected chi connectivity index (χ0v) is 21.7. The highest BCUT2D eigenvalue weighted by atomic mass is 19.3. The SMILES string of the molecule is Cc1noc(C)c1-c1ccc2c(c1)nc(C1CCCC(=O)N1c1ccc(F)c(F)c1)n2C1CCC(F)(F)CC1. The Morgan fingerprint density at radius 3 is 2.46 bits per heavy atom. The molecule has 1 atom stereocenters. The highest BCUT2D eigenvalue weighted by molar-refractivity contribution is 5.95. The van der Waals surface area contributed by atoms with Crippen LogP contribution in [0.5, 0.6) is 0 Å². The minimum absolute atomic E-state index is 0.220. The summed E-state index contributed by atoms with van der Waals surface area (Å²) in [7, 11) is 0. The van der Waals surface area contributed by atoms with Gasteiger partial charge in [-0.1, -0.05) is 11.2 Å². The molecule has 204 valence electrons. The molecule has 1 unspecified atom stereocenters. The monoisotopic (exact) mass is 540 g/mol. The number of hydrogen-bond donors (Lipinski definition) is 0. The number of amides is 1. The van der Waals surface area contributed by atoms with Crippen LogP contribution in [0.2, 0.25) is 0 Å². The largest absolute Gasteiger partial charge is 0.361 e. The van der Waals surface area contributed by atoms with Gasteiger partial charge in [0.2, 0.25) is 11.8 Å². The lowest BCUT2D eigenvalue weighted by molar-refractivity contribution is -0.120.